The van der Waals surface area contributed by atoms with Gasteiger partial charge in [0.15, 0.2) is 17.5 Å². The van der Waals surface area contributed by atoms with Crippen molar-refractivity contribution in [2.45, 2.75) is 6.04 Å². The van der Waals surface area contributed by atoms with Crippen molar-refractivity contribution in [1.29, 1.82) is 0 Å². The molecule has 0 amide bonds. The second kappa shape index (κ2) is 5.50. The van der Waals surface area contributed by atoms with E-state index in [9.17, 15) is 17.6 Å². The number of rotatable bonds is 3. The van der Waals surface area contributed by atoms with Crippen LogP contribution < -0.4 is 10.5 Å². The van der Waals surface area contributed by atoms with Gasteiger partial charge in [0.2, 0.25) is 0 Å². The molecule has 1 unspecified atom stereocenters. The SMILES string of the molecule is COc1ccc(F)cc1C(N)c1cc(F)c(F)c(F)c1. The van der Waals surface area contributed by atoms with Crippen molar-refractivity contribution in [2.75, 3.05) is 7.11 Å². The Morgan fingerprint density at radius 3 is 2.15 bits per heavy atom. The summed E-state index contributed by atoms with van der Waals surface area (Å²) in [6.45, 7) is 0. The van der Waals surface area contributed by atoms with Crippen molar-refractivity contribution in [2.24, 2.45) is 5.73 Å². The fourth-order valence-corrected chi connectivity index (χ4v) is 1.88. The molecule has 2 aromatic carbocycles. The molecule has 0 fully saturated rings. The Morgan fingerprint density at radius 2 is 1.60 bits per heavy atom. The molecule has 0 spiro atoms. The maximum absolute atomic E-state index is 13.3. The lowest BCUT2D eigenvalue weighted by molar-refractivity contribution is 0.406. The van der Waals surface area contributed by atoms with E-state index in [0.717, 1.165) is 18.2 Å². The quantitative estimate of drug-likeness (QED) is 0.693. The molecular formula is C14H11F4NO. The van der Waals surface area contributed by atoms with Crippen molar-refractivity contribution < 1.29 is 22.3 Å². The second-order valence-electron chi connectivity index (χ2n) is 4.16. The zero-order chi connectivity index (χ0) is 14.9. The second-order valence-corrected chi connectivity index (χ2v) is 4.16. The molecule has 0 bridgehead atoms. The first-order chi connectivity index (χ1) is 9.43. The number of nitrogens with two attached hydrogens (primary N) is 1. The topological polar surface area (TPSA) is 35.2 Å². The maximum atomic E-state index is 13.3. The molecule has 2 aromatic rings. The zero-order valence-corrected chi connectivity index (χ0v) is 10.5. The van der Waals surface area contributed by atoms with Crippen molar-refractivity contribution in [3.63, 3.8) is 0 Å². The minimum absolute atomic E-state index is 0.0229. The lowest BCUT2D eigenvalue weighted by Crippen LogP contribution is -2.14. The lowest BCUT2D eigenvalue weighted by Gasteiger charge is -2.16. The van der Waals surface area contributed by atoms with Crippen molar-refractivity contribution in [3.8, 4) is 5.75 Å². The first-order valence-corrected chi connectivity index (χ1v) is 5.67. The molecule has 0 saturated carbocycles. The molecule has 2 nitrogen and oxygen atoms in total. The van der Waals surface area contributed by atoms with Crippen LogP contribution in [0.5, 0.6) is 5.75 Å². The molecule has 0 saturated heterocycles. The van der Waals surface area contributed by atoms with Gasteiger partial charge in [-0.3, -0.25) is 0 Å². The summed E-state index contributed by atoms with van der Waals surface area (Å²) in [6.07, 6.45) is 0. The largest absolute Gasteiger partial charge is 0.496 e. The van der Waals surface area contributed by atoms with E-state index in [2.05, 4.69) is 0 Å². The van der Waals surface area contributed by atoms with Crippen LogP contribution in [0.3, 0.4) is 0 Å². The highest BCUT2D eigenvalue weighted by Gasteiger charge is 2.19. The number of methoxy groups -OCH3 is 1. The number of hydrogen-bond donors (Lipinski definition) is 1. The Hall–Kier alpha value is -2.08. The Labute approximate surface area is 112 Å². The van der Waals surface area contributed by atoms with Crippen LogP contribution in [0.15, 0.2) is 30.3 Å². The van der Waals surface area contributed by atoms with Crippen LogP contribution in [0.1, 0.15) is 17.2 Å². The first kappa shape index (κ1) is 14.3. The van der Waals surface area contributed by atoms with Gasteiger partial charge in [0, 0.05) is 5.56 Å². The van der Waals surface area contributed by atoms with Crippen molar-refractivity contribution >= 4 is 0 Å². The van der Waals surface area contributed by atoms with Gasteiger partial charge < -0.3 is 10.5 Å². The van der Waals surface area contributed by atoms with Crippen LogP contribution in [0.4, 0.5) is 17.6 Å². The molecule has 0 aliphatic carbocycles. The van der Waals surface area contributed by atoms with E-state index in [1.54, 1.807) is 0 Å². The number of hydrogen-bond acceptors (Lipinski definition) is 2. The Balaban J connectivity index is 2.51. The molecule has 0 aliphatic rings. The molecule has 0 radical (unpaired) electrons. The van der Waals surface area contributed by atoms with E-state index in [0.29, 0.717) is 0 Å². The fraction of sp³-hybridized carbons (Fsp3) is 0.143. The highest BCUT2D eigenvalue weighted by molar-refractivity contribution is 5.42. The van der Waals surface area contributed by atoms with Crippen LogP contribution in [0, 0.1) is 23.3 Å². The van der Waals surface area contributed by atoms with Gasteiger partial charge in [0.25, 0.3) is 0 Å². The monoisotopic (exact) mass is 285 g/mol. The van der Waals surface area contributed by atoms with Crippen LogP contribution >= 0.6 is 0 Å². The maximum Gasteiger partial charge on any atom is 0.194 e. The smallest absolute Gasteiger partial charge is 0.194 e. The van der Waals surface area contributed by atoms with Crippen LogP contribution in [0.25, 0.3) is 0 Å². The fourth-order valence-electron chi connectivity index (χ4n) is 1.88. The van der Waals surface area contributed by atoms with Gasteiger partial charge in [-0.25, -0.2) is 17.6 Å². The van der Waals surface area contributed by atoms with E-state index in [1.165, 1.54) is 19.2 Å². The summed E-state index contributed by atoms with van der Waals surface area (Å²) in [6, 6.07) is 4.11. The Morgan fingerprint density at radius 1 is 1.00 bits per heavy atom. The Bertz CT molecular complexity index is 622. The van der Waals surface area contributed by atoms with E-state index < -0.39 is 29.3 Å². The van der Waals surface area contributed by atoms with E-state index in [1.807, 2.05) is 0 Å². The van der Waals surface area contributed by atoms with Gasteiger partial charge >= 0.3 is 0 Å². The van der Waals surface area contributed by atoms with Gasteiger partial charge in [-0.15, -0.1) is 0 Å². The van der Waals surface area contributed by atoms with Crippen molar-refractivity contribution in [3.05, 3.63) is 64.7 Å². The van der Waals surface area contributed by atoms with E-state index in [-0.39, 0.29) is 16.9 Å². The number of ether oxygens (including phenoxy) is 1. The van der Waals surface area contributed by atoms with Gasteiger partial charge in [0.05, 0.1) is 13.2 Å². The predicted octanol–water partition coefficient (Wildman–Crippen LogP) is 3.30. The summed E-state index contributed by atoms with van der Waals surface area (Å²) in [4.78, 5) is 0. The lowest BCUT2D eigenvalue weighted by atomic mass is 9.98. The van der Waals surface area contributed by atoms with E-state index >= 15 is 0 Å². The first-order valence-electron chi connectivity index (χ1n) is 5.67. The van der Waals surface area contributed by atoms with Gasteiger partial charge in [-0.2, -0.15) is 0 Å². The minimum Gasteiger partial charge on any atom is -0.496 e. The molecule has 0 heterocycles. The highest BCUT2D eigenvalue weighted by atomic mass is 19.2. The molecule has 0 aliphatic heterocycles. The predicted molar refractivity (Wildman–Crippen MR) is 65.3 cm³/mol. The molecule has 6 heteroatoms. The van der Waals surface area contributed by atoms with Crippen molar-refractivity contribution in [1.82, 2.24) is 0 Å². The average molecular weight is 285 g/mol. The normalized spacial score (nSPS) is 12.3. The molecule has 1 atom stereocenters. The third-order valence-electron chi connectivity index (χ3n) is 2.89. The highest BCUT2D eigenvalue weighted by Crippen LogP contribution is 2.30. The number of halogens is 4. The summed E-state index contributed by atoms with van der Waals surface area (Å²) in [7, 11) is 1.36. The summed E-state index contributed by atoms with van der Waals surface area (Å²) in [5.41, 5.74) is 6.03. The molecule has 2 rings (SSSR count). The Kier molecular flexibility index (Phi) is 3.94. The van der Waals surface area contributed by atoms with E-state index in [4.69, 9.17) is 10.5 Å². The van der Waals surface area contributed by atoms with Gasteiger partial charge in [0.1, 0.15) is 11.6 Å². The molecule has 20 heavy (non-hydrogen) atoms. The minimum atomic E-state index is -1.58. The summed E-state index contributed by atoms with van der Waals surface area (Å²) < 4.78 is 57.6. The average Bonchev–Trinajstić information content (AvgIpc) is 2.43. The van der Waals surface area contributed by atoms with Crippen LogP contribution in [0.2, 0.25) is 0 Å². The van der Waals surface area contributed by atoms with Gasteiger partial charge in [-0.05, 0) is 35.9 Å². The summed E-state index contributed by atoms with van der Waals surface area (Å²) in [5.74, 6) is -4.59. The summed E-state index contributed by atoms with van der Waals surface area (Å²) in [5, 5.41) is 0. The molecule has 0 aromatic heterocycles. The van der Waals surface area contributed by atoms with Crippen LogP contribution in [-0.2, 0) is 0 Å². The summed E-state index contributed by atoms with van der Waals surface area (Å²) >= 11 is 0. The van der Waals surface area contributed by atoms with Gasteiger partial charge in [-0.1, -0.05) is 0 Å². The third kappa shape index (κ3) is 2.60. The number of benzene rings is 2. The molecule has 2 N–H and O–H groups in total. The standard InChI is InChI=1S/C14H11F4NO/c1-20-12-3-2-8(15)6-9(12)14(19)7-4-10(16)13(18)11(17)5-7/h2-6,14H,19H2,1H3. The zero-order valence-electron chi connectivity index (χ0n) is 10.5. The molecule has 106 valence electrons. The van der Waals surface area contributed by atoms with Crippen LogP contribution in [-0.4, -0.2) is 7.11 Å². The molecular weight excluding hydrogens is 274 g/mol. The third-order valence-corrected chi connectivity index (χ3v) is 2.89.